The zero-order valence-electron chi connectivity index (χ0n) is 12.4. The lowest BCUT2D eigenvalue weighted by molar-refractivity contribution is 0.527. The minimum absolute atomic E-state index is 0.396. The standard InChI is InChI=1S/C18H21Cl2N/c1-13(2)21-12-16(14-6-4-3-5-7-14)10-15-8-9-17(19)11-18(15)20/h3-9,11,13,16,21H,10,12H2,1-2H3. The summed E-state index contributed by atoms with van der Waals surface area (Å²) in [5.74, 6) is 0.396. The van der Waals surface area contributed by atoms with E-state index in [1.54, 1.807) is 0 Å². The normalized spacial score (nSPS) is 12.6. The molecule has 2 aromatic rings. The first kappa shape index (κ1) is 16.4. The van der Waals surface area contributed by atoms with Crippen LogP contribution in [0.5, 0.6) is 0 Å². The number of halogens is 2. The summed E-state index contributed by atoms with van der Waals surface area (Å²) in [7, 11) is 0. The van der Waals surface area contributed by atoms with Crippen molar-refractivity contribution in [3.63, 3.8) is 0 Å². The van der Waals surface area contributed by atoms with Crippen molar-refractivity contribution >= 4 is 23.2 Å². The lowest BCUT2D eigenvalue weighted by Gasteiger charge is -2.20. The highest BCUT2D eigenvalue weighted by Gasteiger charge is 2.14. The van der Waals surface area contributed by atoms with E-state index in [4.69, 9.17) is 23.2 Å². The van der Waals surface area contributed by atoms with E-state index >= 15 is 0 Å². The van der Waals surface area contributed by atoms with Gasteiger partial charge in [0.15, 0.2) is 0 Å². The Hall–Kier alpha value is -1.02. The molecule has 1 nitrogen and oxygen atoms in total. The maximum absolute atomic E-state index is 6.32. The van der Waals surface area contributed by atoms with E-state index in [0.717, 1.165) is 23.6 Å². The van der Waals surface area contributed by atoms with E-state index in [1.165, 1.54) is 5.56 Å². The number of benzene rings is 2. The molecule has 0 aromatic heterocycles. The average Bonchev–Trinajstić information content (AvgIpc) is 2.46. The van der Waals surface area contributed by atoms with E-state index in [0.29, 0.717) is 17.0 Å². The molecule has 0 aliphatic heterocycles. The van der Waals surface area contributed by atoms with E-state index in [1.807, 2.05) is 24.3 Å². The molecule has 0 spiro atoms. The molecule has 0 heterocycles. The number of hydrogen-bond donors (Lipinski definition) is 1. The summed E-state index contributed by atoms with van der Waals surface area (Å²) in [5.41, 5.74) is 2.47. The molecule has 21 heavy (non-hydrogen) atoms. The molecular formula is C18H21Cl2N. The first-order chi connectivity index (χ1) is 10.1. The minimum Gasteiger partial charge on any atom is -0.314 e. The molecule has 1 atom stereocenters. The monoisotopic (exact) mass is 321 g/mol. The van der Waals surface area contributed by atoms with Crippen molar-refractivity contribution < 1.29 is 0 Å². The Morgan fingerprint density at radius 2 is 1.71 bits per heavy atom. The summed E-state index contributed by atoms with van der Waals surface area (Å²) >= 11 is 12.3. The maximum Gasteiger partial charge on any atom is 0.0453 e. The van der Waals surface area contributed by atoms with Gasteiger partial charge in [0.2, 0.25) is 0 Å². The molecule has 0 saturated heterocycles. The quantitative estimate of drug-likeness (QED) is 0.759. The van der Waals surface area contributed by atoms with Gasteiger partial charge in [-0.3, -0.25) is 0 Å². The van der Waals surface area contributed by atoms with Gasteiger partial charge in [0.05, 0.1) is 0 Å². The third-order valence-electron chi connectivity index (χ3n) is 3.52. The maximum atomic E-state index is 6.32. The molecule has 112 valence electrons. The van der Waals surface area contributed by atoms with Crippen LogP contribution in [0.25, 0.3) is 0 Å². The second-order valence-electron chi connectivity index (χ2n) is 5.61. The highest BCUT2D eigenvalue weighted by Crippen LogP contribution is 2.27. The highest BCUT2D eigenvalue weighted by molar-refractivity contribution is 6.35. The van der Waals surface area contributed by atoms with Gasteiger partial charge in [-0.25, -0.2) is 0 Å². The van der Waals surface area contributed by atoms with Crippen LogP contribution in [0.15, 0.2) is 48.5 Å². The second-order valence-corrected chi connectivity index (χ2v) is 6.45. The van der Waals surface area contributed by atoms with Crippen LogP contribution >= 0.6 is 23.2 Å². The molecule has 0 radical (unpaired) electrons. The van der Waals surface area contributed by atoms with Crippen LogP contribution < -0.4 is 5.32 Å². The molecule has 0 amide bonds. The van der Waals surface area contributed by atoms with Crippen LogP contribution in [-0.2, 0) is 6.42 Å². The van der Waals surface area contributed by atoms with Crippen LogP contribution in [0.1, 0.15) is 30.9 Å². The third-order valence-corrected chi connectivity index (χ3v) is 4.11. The molecule has 0 aliphatic carbocycles. The largest absolute Gasteiger partial charge is 0.314 e. The zero-order valence-corrected chi connectivity index (χ0v) is 14.0. The van der Waals surface area contributed by atoms with Gasteiger partial charge in [-0.05, 0) is 29.7 Å². The van der Waals surface area contributed by atoms with Crippen molar-refractivity contribution in [2.45, 2.75) is 32.2 Å². The fourth-order valence-electron chi connectivity index (χ4n) is 2.36. The van der Waals surface area contributed by atoms with Crippen LogP contribution in [0, 0.1) is 0 Å². The topological polar surface area (TPSA) is 12.0 Å². The average molecular weight is 322 g/mol. The molecule has 1 N–H and O–H groups in total. The number of hydrogen-bond acceptors (Lipinski definition) is 1. The summed E-state index contributed by atoms with van der Waals surface area (Å²) < 4.78 is 0. The van der Waals surface area contributed by atoms with Gasteiger partial charge in [-0.2, -0.15) is 0 Å². The van der Waals surface area contributed by atoms with E-state index in [2.05, 4.69) is 43.4 Å². The highest BCUT2D eigenvalue weighted by atomic mass is 35.5. The lowest BCUT2D eigenvalue weighted by atomic mass is 9.91. The molecule has 2 aromatic carbocycles. The summed E-state index contributed by atoms with van der Waals surface area (Å²) in [6, 6.07) is 16.8. The first-order valence-electron chi connectivity index (χ1n) is 7.28. The molecule has 3 heteroatoms. The fourth-order valence-corrected chi connectivity index (χ4v) is 2.85. The molecule has 0 saturated carbocycles. The Morgan fingerprint density at radius 3 is 2.33 bits per heavy atom. The molecule has 1 unspecified atom stereocenters. The van der Waals surface area contributed by atoms with E-state index in [-0.39, 0.29) is 0 Å². The van der Waals surface area contributed by atoms with E-state index in [9.17, 15) is 0 Å². The van der Waals surface area contributed by atoms with Crippen molar-refractivity contribution in [2.24, 2.45) is 0 Å². The van der Waals surface area contributed by atoms with Crippen LogP contribution in [0.3, 0.4) is 0 Å². The fraction of sp³-hybridized carbons (Fsp3) is 0.333. The van der Waals surface area contributed by atoms with Gasteiger partial charge in [-0.15, -0.1) is 0 Å². The van der Waals surface area contributed by atoms with E-state index < -0.39 is 0 Å². The molecule has 0 fully saturated rings. The first-order valence-corrected chi connectivity index (χ1v) is 8.04. The summed E-state index contributed by atoms with van der Waals surface area (Å²) in [5, 5.41) is 4.95. The lowest BCUT2D eigenvalue weighted by Crippen LogP contribution is -2.29. The number of nitrogens with one attached hydrogen (secondary N) is 1. The summed E-state index contributed by atoms with van der Waals surface area (Å²) in [4.78, 5) is 0. The van der Waals surface area contributed by atoms with Crippen molar-refractivity contribution in [3.05, 3.63) is 69.7 Å². The molecular weight excluding hydrogens is 301 g/mol. The zero-order chi connectivity index (χ0) is 15.2. The van der Waals surface area contributed by atoms with Crippen molar-refractivity contribution in [1.29, 1.82) is 0 Å². The predicted octanol–water partition coefficient (Wildman–Crippen LogP) is 5.32. The van der Waals surface area contributed by atoms with Crippen LogP contribution in [-0.4, -0.2) is 12.6 Å². The van der Waals surface area contributed by atoms with Gasteiger partial charge in [0.1, 0.15) is 0 Å². The Balaban J connectivity index is 2.19. The van der Waals surface area contributed by atoms with Gasteiger partial charge in [-0.1, -0.05) is 73.4 Å². The SMILES string of the molecule is CC(C)NCC(Cc1ccc(Cl)cc1Cl)c1ccccc1. The molecule has 0 bridgehead atoms. The van der Waals surface area contributed by atoms with Crippen LogP contribution in [0.2, 0.25) is 10.0 Å². The Morgan fingerprint density at radius 1 is 1.00 bits per heavy atom. The Kier molecular flexibility index (Phi) is 6.10. The Labute approximate surface area is 137 Å². The molecule has 0 aliphatic rings. The number of rotatable bonds is 6. The van der Waals surface area contributed by atoms with Crippen molar-refractivity contribution in [2.75, 3.05) is 6.54 Å². The summed E-state index contributed by atoms with van der Waals surface area (Å²) in [6.07, 6.45) is 0.903. The third kappa shape index (κ3) is 5.03. The Bertz CT molecular complexity index is 567. The summed E-state index contributed by atoms with van der Waals surface area (Å²) in [6.45, 7) is 5.26. The second kappa shape index (κ2) is 7.84. The predicted molar refractivity (Wildman–Crippen MR) is 92.5 cm³/mol. The van der Waals surface area contributed by atoms with Crippen molar-refractivity contribution in [3.8, 4) is 0 Å². The van der Waals surface area contributed by atoms with Crippen molar-refractivity contribution in [1.82, 2.24) is 5.32 Å². The van der Waals surface area contributed by atoms with Gasteiger partial charge < -0.3 is 5.32 Å². The smallest absolute Gasteiger partial charge is 0.0453 e. The van der Waals surface area contributed by atoms with Gasteiger partial charge in [0.25, 0.3) is 0 Å². The van der Waals surface area contributed by atoms with Gasteiger partial charge >= 0.3 is 0 Å². The molecule has 2 rings (SSSR count). The minimum atomic E-state index is 0.396. The van der Waals surface area contributed by atoms with Crippen LogP contribution in [0.4, 0.5) is 0 Å². The van der Waals surface area contributed by atoms with Gasteiger partial charge in [0, 0.05) is 28.5 Å².